The van der Waals surface area contributed by atoms with E-state index in [1.165, 1.54) is 24.3 Å². The van der Waals surface area contributed by atoms with Gasteiger partial charge in [-0.15, -0.1) is 0 Å². The van der Waals surface area contributed by atoms with Crippen LogP contribution in [0.4, 0.5) is 0 Å². The maximum absolute atomic E-state index is 10.8. The van der Waals surface area contributed by atoms with Gasteiger partial charge < -0.3 is 20.4 Å². The zero-order chi connectivity index (χ0) is 23.1. The smallest absolute Gasteiger partial charge is 0.339 e. The van der Waals surface area contributed by atoms with E-state index in [-0.39, 0.29) is 22.6 Å². The average Bonchev–Trinajstić information content (AvgIpc) is 2.81. The maximum Gasteiger partial charge on any atom is 0.339 e. The number of rotatable bonds is 4. The minimum Gasteiger partial charge on any atom is -0.507 e. The predicted octanol–water partition coefficient (Wildman–Crippen LogP) is 5.51. The van der Waals surface area contributed by atoms with Crippen LogP contribution in [0.15, 0.2) is 97.1 Å². The predicted molar refractivity (Wildman–Crippen MR) is 121 cm³/mol. The van der Waals surface area contributed by atoms with E-state index in [1.807, 2.05) is 60.7 Å². The highest BCUT2D eigenvalue weighted by Gasteiger charge is 2.11. The van der Waals surface area contributed by atoms with E-state index in [0.717, 1.165) is 22.3 Å². The highest BCUT2D eigenvalue weighted by atomic mass is 16.4. The molecule has 0 bridgehead atoms. The molecule has 4 rings (SSSR count). The zero-order valence-electron chi connectivity index (χ0n) is 16.8. The van der Waals surface area contributed by atoms with E-state index < -0.39 is 11.9 Å². The van der Waals surface area contributed by atoms with Gasteiger partial charge in [0.15, 0.2) is 0 Å². The summed E-state index contributed by atoms with van der Waals surface area (Å²) in [6, 6.07) is 27.9. The second kappa shape index (κ2) is 9.95. The van der Waals surface area contributed by atoms with Crippen LogP contribution in [-0.2, 0) is 0 Å². The molecular formula is C26H20O6. The Bertz CT molecular complexity index is 1130. The second-order valence-electron chi connectivity index (χ2n) is 6.81. The minimum absolute atomic E-state index is 0.0821. The molecule has 6 heteroatoms. The van der Waals surface area contributed by atoms with Crippen molar-refractivity contribution in [2.75, 3.05) is 0 Å². The van der Waals surface area contributed by atoms with Gasteiger partial charge in [-0.3, -0.25) is 0 Å². The Balaban J connectivity index is 0.000000181. The van der Waals surface area contributed by atoms with Crippen LogP contribution in [0.5, 0.6) is 11.5 Å². The Morgan fingerprint density at radius 3 is 1.12 bits per heavy atom. The summed E-state index contributed by atoms with van der Waals surface area (Å²) in [7, 11) is 0. The number of carbonyl (C=O) groups is 2. The summed E-state index contributed by atoms with van der Waals surface area (Å²) in [6.45, 7) is 0. The highest BCUT2D eigenvalue weighted by Crippen LogP contribution is 2.26. The van der Waals surface area contributed by atoms with Gasteiger partial charge in [-0.1, -0.05) is 72.8 Å². The summed E-state index contributed by atoms with van der Waals surface area (Å²) in [6.07, 6.45) is 0. The lowest BCUT2D eigenvalue weighted by molar-refractivity contribution is 0.0682. The molecule has 4 aromatic rings. The summed E-state index contributed by atoms with van der Waals surface area (Å²) in [4.78, 5) is 21.7. The SMILES string of the molecule is O=C(O)c1cc(-c2ccccc2)ccc1O.O=C(O)c1cc(-c2ccccc2)ccc1O. The Labute approximate surface area is 184 Å². The van der Waals surface area contributed by atoms with Crippen LogP contribution in [0.3, 0.4) is 0 Å². The zero-order valence-corrected chi connectivity index (χ0v) is 16.8. The first-order chi connectivity index (χ1) is 15.4. The van der Waals surface area contributed by atoms with Gasteiger partial charge in [0, 0.05) is 0 Å². The third-order valence-electron chi connectivity index (χ3n) is 4.67. The monoisotopic (exact) mass is 428 g/mol. The molecule has 32 heavy (non-hydrogen) atoms. The van der Waals surface area contributed by atoms with Gasteiger partial charge in [-0.25, -0.2) is 9.59 Å². The number of carboxylic acid groups (broad SMARTS) is 2. The van der Waals surface area contributed by atoms with Crippen molar-refractivity contribution >= 4 is 11.9 Å². The molecule has 0 saturated heterocycles. The van der Waals surface area contributed by atoms with Crippen molar-refractivity contribution in [2.24, 2.45) is 0 Å². The van der Waals surface area contributed by atoms with Crippen LogP contribution in [0, 0.1) is 0 Å². The first-order valence-corrected chi connectivity index (χ1v) is 9.60. The number of phenols is 2. The van der Waals surface area contributed by atoms with Gasteiger partial charge in [0.05, 0.1) is 0 Å². The lowest BCUT2D eigenvalue weighted by Gasteiger charge is -2.04. The number of aromatic carboxylic acids is 2. The minimum atomic E-state index is -1.13. The van der Waals surface area contributed by atoms with E-state index >= 15 is 0 Å². The molecule has 0 fully saturated rings. The molecule has 0 aromatic heterocycles. The first-order valence-electron chi connectivity index (χ1n) is 9.60. The van der Waals surface area contributed by atoms with Crippen molar-refractivity contribution in [2.45, 2.75) is 0 Å². The molecule has 0 radical (unpaired) electrons. The normalized spacial score (nSPS) is 10.0. The Kier molecular flexibility index (Phi) is 6.88. The summed E-state index contributed by atoms with van der Waals surface area (Å²) >= 11 is 0. The van der Waals surface area contributed by atoms with Crippen LogP contribution in [0.1, 0.15) is 20.7 Å². The molecule has 0 unspecified atom stereocenters. The molecule has 4 aromatic carbocycles. The molecule has 0 aliphatic heterocycles. The molecule has 4 N–H and O–H groups in total. The fraction of sp³-hybridized carbons (Fsp3) is 0. The summed E-state index contributed by atoms with van der Waals surface area (Å²) in [5.74, 6) is -2.69. The van der Waals surface area contributed by atoms with Gasteiger partial charge in [0.1, 0.15) is 22.6 Å². The van der Waals surface area contributed by atoms with Crippen molar-refractivity contribution < 1.29 is 30.0 Å². The lowest BCUT2D eigenvalue weighted by atomic mass is 10.0. The molecular weight excluding hydrogens is 408 g/mol. The number of benzene rings is 4. The molecule has 0 spiro atoms. The lowest BCUT2D eigenvalue weighted by Crippen LogP contribution is -1.96. The molecule has 0 atom stereocenters. The summed E-state index contributed by atoms with van der Waals surface area (Å²) in [5.41, 5.74) is 3.23. The van der Waals surface area contributed by atoms with Gasteiger partial charge in [-0.2, -0.15) is 0 Å². The topological polar surface area (TPSA) is 115 Å². The Morgan fingerprint density at radius 1 is 0.469 bits per heavy atom. The standard InChI is InChI=1S/2C13H10O3/c2*14-12-7-6-10(8-11(12)13(15)16)9-4-2-1-3-5-9/h2*1-8,14H,(H,15,16). The fourth-order valence-electron chi connectivity index (χ4n) is 3.04. The van der Waals surface area contributed by atoms with E-state index in [9.17, 15) is 19.8 Å². The van der Waals surface area contributed by atoms with Gasteiger partial charge in [0.25, 0.3) is 0 Å². The third-order valence-corrected chi connectivity index (χ3v) is 4.67. The van der Waals surface area contributed by atoms with E-state index in [4.69, 9.17) is 10.2 Å². The maximum atomic E-state index is 10.8. The average molecular weight is 428 g/mol. The largest absolute Gasteiger partial charge is 0.507 e. The van der Waals surface area contributed by atoms with Crippen LogP contribution in [0.2, 0.25) is 0 Å². The Hall–Kier alpha value is -4.58. The summed E-state index contributed by atoms with van der Waals surface area (Å²) in [5, 5.41) is 36.5. The van der Waals surface area contributed by atoms with Crippen LogP contribution < -0.4 is 0 Å². The first kappa shape index (κ1) is 22.1. The molecule has 6 nitrogen and oxygen atoms in total. The molecule has 0 aliphatic carbocycles. The van der Waals surface area contributed by atoms with E-state index in [0.29, 0.717) is 0 Å². The number of hydrogen-bond donors (Lipinski definition) is 4. The fourth-order valence-corrected chi connectivity index (χ4v) is 3.04. The van der Waals surface area contributed by atoms with Crippen molar-refractivity contribution in [1.29, 1.82) is 0 Å². The molecule has 0 amide bonds. The van der Waals surface area contributed by atoms with Crippen molar-refractivity contribution in [3.63, 3.8) is 0 Å². The third kappa shape index (κ3) is 5.31. The van der Waals surface area contributed by atoms with Crippen molar-refractivity contribution in [3.8, 4) is 33.8 Å². The van der Waals surface area contributed by atoms with Crippen LogP contribution >= 0.6 is 0 Å². The second-order valence-corrected chi connectivity index (χ2v) is 6.81. The van der Waals surface area contributed by atoms with Crippen LogP contribution in [-0.4, -0.2) is 32.4 Å². The summed E-state index contributed by atoms with van der Waals surface area (Å²) < 4.78 is 0. The molecule has 0 heterocycles. The van der Waals surface area contributed by atoms with Crippen LogP contribution in [0.25, 0.3) is 22.3 Å². The number of carboxylic acids is 2. The van der Waals surface area contributed by atoms with Crippen molar-refractivity contribution in [3.05, 3.63) is 108 Å². The molecule has 0 aliphatic rings. The number of hydrogen-bond acceptors (Lipinski definition) is 4. The van der Waals surface area contributed by atoms with E-state index in [1.54, 1.807) is 12.1 Å². The van der Waals surface area contributed by atoms with Gasteiger partial charge >= 0.3 is 11.9 Å². The van der Waals surface area contributed by atoms with Gasteiger partial charge in [0.2, 0.25) is 0 Å². The highest BCUT2D eigenvalue weighted by molar-refractivity contribution is 5.93. The Morgan fingerprint density at radius 2 is 0.812 bits per heavy atom. The van der Waals surface area contributed by atoms with Crippen molar-refractivity contribution in [1.82, 2.24) is 0 Å². The van der Waals surface area contributed by atoms with E-state index in [2.05, 4.69) is 0 Å². The number of aromatic hydroxyl groups is 2. The van der Waals surface area contributed by atoms with Gasteiger partial charge in [-0.05, 0) is 46.5 Å². The molecule has 160 valence electrons. The molecule has 0 saturated carbocycles. The quantitative estimate of drug-likeness (QED) is 0.340.